The van der Waals surface area contributed by atoms with Crippen LogP contribution in [0.3, 0.4) is 0 Å². The highest BCUT2D eigenvalue weighted by Crippen LogP contribution is 2.38. The number of methoxy groups -OCH3 is 2. The molecule has 1 N–H and O–H groups in total. The van der Waals surface area contributed by atoms with E-state index in [2.05, 4.69) is 17.1 Å². The standard InChI is InChI=1S/C16H25ClN2O2/c1-4-6-12-11-19(8-5-7-18-12)14-10-15(20-2)13(17)9-16(14)21-3/h9-10,12,18H,4-8,11H2,1-3H3. The molecule has 118 valence electrons. The molecular formula is C16H25ClN2O2. The molecule has 0 radical (unpaired) electrons. The first-order chi connectivity index (χ1) is 10.2. The summed E-state index contributed by atoms with van der Waals surface area (Å²) in [5.74, 6) is 1.50. The molecule has 0 aromatic heterocycles. The van der Waals surface area contributed by atoms with Crippen LogP contribution >= 0.6 is 11.6 Å². The predicted octanol–water partition coefficient (Wildman–Crippen LogP) is 3.33. The molecule has 5 heteroatoms. The summed E-state index contributed by atoms with van der Waals surface area (Å²) in [7, 11) is 3.32. The number of anilines is 1. The number of nitrogens with zero attached hydrogens (tertiary/aromatic N) is 1. The van der Waals surface area contributed by atoms with E-state index in [1.165, 1.54) is 12.8 Å². The largest absolute Gasteiger partial charge is 0.495 e. The van der Waals surface area contributed by atoms with Crippen LogP contribution in [0, 0.1) is 0 Å². The number of hydrogen-bond acceptors (Lipinski definition) is 4. The van der Waals surface area contributed by atoms with Crippen molar-refractivity contribution in [3.8, 4) is 11.5 Å². The average molecular weight is 313 g/mol. The molecule has 2 rings (SSSR count). The van der Waals surface area contributed by atoms with Crippen molar-refractivity contribution < 1.29 is 9.47 Å². The SMILES string of the molecule is CCCC1CN(c2cc(OC)c(Cl)cc2OC)CCCN1. The molecule has 1 aliphatic heterocycles. The molecule has 0 bridgehead atoms. The van der Waals surface area contributed by atoms with E-state index in [4.69, 9.17) is 21.1 Å². The van der Waals surface area contributed by atoms with Gasteiger partial charge in [-0.25, -0.2) is 0 Å². The van der Waals surface area contributed by atoms with E-state index < -0.39 is 0 Å². The van der Waals surface area contributed by atoms with Crippen LogP contribution in [0.15, 0.2) is 12.1 Å². The number of halogens is 1. The third-order valence-electron chi connectivity index (χ3n) is 3.91. The molecule has 1 unspecified atom stereocenters. The molecule has 21 heavy (non-hydrogen) atoms. The highest BCUT2D eigenvalue weighted by molar-refractivity contribution is 6.32. The van der Waals surface area contributed by atoms with Crippen molar-refractivity contribution in [1.29, 1.82) is 0 Å². The Morgan fingerprint density at radius 2 is 2.05 bits per heavy atom. The molecular weight excluding hydrogens is 288 g/mol. The van der Waals surface area contributed by atoms with E-state index in [1.54, 1.807) is 14.2 Å². The van der Waals surface area contributed by atoms with Crippen LogP contribution in [-0.4, -0.2) is 39.9 Å². The Balaban J connectivity index is 2.29. The summed E-state index contributed by atoms with van der Waals surface area (Å²) in [6.45, 7) is 5.28. The molecule has 1 aromatic rings. The highest BCUT2D eigenvalue weighted by atomic mass is 35.5. The van der Waals surface area contributed by atoms with Gasteiger partial charge in [-0.1, -0.05) is 24.9 Å². The van der Waals surface area contributed by atoms with E-state index >= 15 is 0 Å². The van der Waals surface area contributed by atoms with Gasteiger partial charge >= 0.3 is 0 Å². The highest BCUT2D eigenvalue weighted by Gasteiger charge is 2.21. The first-order valence-electron chi connectivity index (χ1n) is 7.59. The smallest absolute Gasteiger partial charge is 0.143 e. The molecule has 4 nitrogen and oxygen atoms in total. The molecule has 1 heterocycles. The van der Waals surface area contributed by atoms with Gasteiger partial charge in [-0.05, 0) is 19.4 Å². The van der Waals surface area contributed by atoms with Gasteiger partial charge < -0.3 is 19.7 Å². The fourth-order valence-electron chi connectivity index (χ4n) is 2.85. The van der Waals surface area contributed by atoms with Crippen LogP contribution in [0.5, 0.6) is 11.5 Å². The van der Waals surface area contributed by atoms with Crippen LogP contribution in [0.1, 0.15) is 26.2 Å². The summed E-state index contributed by atoms with van der Waals surface area (Å²) < 4.78 is 10.9. The summed E-state index contributed by atoms with van der Waals surface area (Å²) in [6.07, 6.45) is 3.49. The number of ether oxygens (including phenoxy) is 2. The van der Waals surface area contributed by atoms with E-state index in [9.17, 15) is 0 Å². The Morgan fingerprint density at radius 1 is 1.29 bits per heavy atom. The van der Waals surface area contributed by atoms with Crippen LogP contribution in [0.2, 0.25) is 5.02 Å². The Bertz CT molecular complexity index is 468. The molecule has 1 aliphatic rings. The Kier molecular flexibility index (Phi) is 6.00. The minimum Gasteiger partial charge on any atom is -0.495 e. The maximum absolute atomic E-state index is 6.19. The van der Waals surface area contributed by atoms with Crippen molar-refractivity contribution in [3.63, 3.8) is 0 Å². The van der Waals surface area contributed by atoms with Gasteiger partial charge in [-0.2, -0.15) is 0 Å². The maximum atomic E-state index is 6.19. The van der Waals surface area contributed by atoms with Gasteiger partial charge in [-0.3, -0.25) is 0 Å². The zero-order valence-electron chi connectivity index (χ0n) is 13.1. The lowest BCUT2D eigenvalue weighted by Crippen LogP contribution is -2.37. The van der Waals surface area contributed by atoms with Crippen molar-refractivity contribution >= 4 is 17.3 Å². The number of nitrogens with one attached hydrogen (secondary N) is 1. The van der Waals surface area contributed by atoms with Crippen LogP contribution in [-0.2, 0) is 0 Å². The minimum absolute atomic E-state index is 0.517. The van der Waals surface area contributed by atoms with E-state index in [1.807, 2.05) is 12.1 Å². The van der Waals surface area contributed by atoms with Crippen LogP contribution in [0.4, 0.5) is 5.69 Å². The quantitative estimate of drug-likeness (QED) is 0.904. The first kappa shape index (κ1) is 16.2. The van der Waals surface area contributed by atoms with E-state index in [0.717, 1.165) is 37.5 Å². The van der Waals surface area contributed by atoms with Gasteiger partial charge in [0.05, 0.1) is 24.9 Å². The fraction of sp³-hybridized carbons (Fsp3) is 0.625. The molecule has 0 spiro atoms. The summed E-state index contributed by atoms with van der Waals surface area (Å²) in [6, 6.07) is 4.34. The van der Waals surface area contributed by atoms with Gasteiger partial charge in [0, 0.05) is 31.3 Å². The number of rotatable bonds is 5. The second kappa shape index (κ2) is 7.76. The summed E-state index contributed by atoms with van der Waals surface area (Å²) in [4.78, 5) is 2.37. The van der Waals surface area contributed by atoms with Crippen molar-refractivity contribution in [3.05, 3.63) is 17.2 Å². The van der Waals surface area contributed by atoms with Crippen molar-refractivity contribution in [2.75, 3.05) is 38.8 Å². The maximum Gasteiger partial charge on any atom is 0.143 e. The average Bonchev–Trinajstić information content (AvgIpc) is 2.73. The third kappa shape index (κ3) is 3.95. The van der Waals surface area contributed by atoms with Crippen LogP contribution in [0.25, 0.3) is 0 Å². The molecule has 1 fully saturated rings. The Hall–Kier alpha value is -1.13. The summed E-state index contributed by atoms with van der Waals surface area (Å²) in [5, 5.41) is 4.20. The molecule has 0 amide bonds. The predicted molar refractivity (Wildman–Crippen MR) is 88.1 cm³/mol. The molecule has 1 atom stereocenters. The second-order valence-electron chi connectivity index (χ2n) is 5.40. The van der Waals surface area contributed by atoms with Gasteiger partial charge in [0.15, 0.2) is 0 Å². The lowest BCUT2D eigenvalue weighted by molar-refractivity contribution is 0.402. The van der Waals surface area contributed by atoms with Gasteiger partial charge in [0.1, 0.15) is 11.5 Å². The molecule has 1 aromatic carbocycles. The van der Waals surface area contributed by atoms with E-state index in [0.29, 0.717) is 16.8 Å². The normalized spacial score (nSPS) is 19.2. The van der Waals surface area contributed by atoms with Crippen molar-refractivity contribution in [2.45, 2.75) is 32.2 Å². The van der Waals surface area contributed by atoms with Crippen molar-refractivity contribution in [2.24, 2.45) is 0 Å². The molecule has 0 aliphatic carbocycles. The lowest BCUT2D eigenvalue weighted by Gasteiger charge is -2.28. The third-order valence-corrected chi connectivity index (χ3v) is 4.21. The van der Waals surface area contributed by atoms with E-state index in [-0.39, 0.29) is 0 Å². The lowest BCUT2D eigenvalue weighted by atomic mass is 10.1. The van der Waals surface area contributed by atoms with Gasteiger partial charge in [0.2, 0.25) is 0 Å². The zero-order chi connectivity index (χ0) is 15.2. The van der Waals surface area contributed by atoms with Crippen molar-refractivity contribution in [1.82, 2.24) is 5.32 Å². The minimum atomic E-state index is 0.517. The Morgan fingerprint density at radius 3 is 2.71 bits per heavy atom. The van der Waals surface area contributed by atoms with Crippen LogP contribution < -0.4 is 19.7 Å². The first-order valence-corrected chi connectivity index (χ1v) is 7.97. The number of hydrogen-bond donors (Lipinski definition) is 1. The molecule has 1 saturated heterocycles. The van der Waals surface area contributed by atoms with Gasteiger partial charge in [0.25, 0.3) is 0 Å². The second-order valence-corrected chi connectivity index (χ2v) is 5.81. The van der Waals surface area contributed by atoms with Gasteiger partial charge in [-0.15, -0.1) is 0 Å². The number of benzene rings is 1. The Labute approximate surface area is 132 Å². The summed E-state index contributed by atoms with van der Waals surface area (Å²) in [5.41, 5.74) is 1.06. The zero-order valence-corrected chi connectivity index (χ0v) is 13.9. The topological polar surface area (TPSA) is 33.7 Å². The monoisotopic (exact) mass is 312 g/mol. The summed E-state index contributed by atoms with van der Waals surface area (Å²) >= 11 is 6.19. The fourth-order valence-corrected chi connectivity index (χ4v) is 3.08. The molecule has 0 saturated carbocycles.